The number of aromatic nitrogens is 4. The average molecular weight is 416 g/mol. The molecule has 0 saturated carbocycles. The maximum absolute atomic E-state index is 13.0. The predicted molar refractivity (Wildman–Crippen MR) is 98.5 cm³/mol. The first-order valence-electron chi connectivity index (χ1n) is 8.20. The summed E-state index contributed by atoms with van der Waals surface area (Å²) < 4.78 is 36.3. The van der Waals surface area contributed by atoms with Crippen molar-refractivity contribution in [2.45, 2.75) is 17.0 Å². The van der Waals surface area contributed by atoms with E-state index in [1.54, 1.807) is 12.1 Å². The number of rotatable bonds is 5. The fourth-order valence-corrected chi connectivity index (χ4v) is 3.76. The predicted octanol–water partition coefficient (Wildman–Crippen LogP) is 1.38. The molecule has 0 fully saturated rings. The Labute approximate surface area is 166 Å². The van der Waals surface area contributed by atoms with Gasteiger partial charge in [0, 0.05) is 0 Å². The maximum atomic E-state index is 13.0. The van der Waals surface area contributed by atoms with Gasteiger partial charge in [0.15, 0.2) is 0 Å². The molecule has 0 unspecified atom stereocenters. The molecule has 0 aliphatic carbocycles. The van der Waals surface area contributed by atoms with Gasteiger partial charge >= 0.3 is 11.9 Å². The van der Waals surface area contributed by atoms with Gasteiger partial charge in [0.1, 0.15) is 0 Å². The first kappa shape index (κ1) is 20.1. The van der Waals surface area contributed by atoms with Crippen LogP contribution in [0.4, 0.5) is 0 Å². The molecule has 0 aliphatic rings. The van der Waals surface area contributed by atoms with Gasteiger partial charge in [-0.2, -0.15) is 4.68 Å². The number of hydrogen-bond acceptors (Lipinski definition) is 9. The van der Waals surface area contributed by atoms with E-state index in [4.69, 9.17) is 0 Å². The van der Waals surface area contributed by atoms with Crippen molar-refractivity contribution >= 4 is 21.8 Å². The molecule has 1 aromatic heterocycles. The van der Waals surface area contributed by atoms with Crippen molar-refractivity contribution in [2.75, 3.05) is 14.2 Å². The van der Waals surface area contributed by atoms with Gasteiger partial charge in [-0.25, -0.2) is 18.0 Å². The molecule has 0 spiro atoms. The minimum atomic E-state index is -4.07. The van der Waals surface area contributed by atoms with Crippen LogP contribution in [0.5, 0.6) is 0 Å². The largest absolute Gasteiger partial charge is 0.465 e. The Kier molecular flexibility index (Phi) is 5.41. The zero-order valence-corrected chi connectivity index (χ0v) is 16.5. The van der Waals surface area contributed by atoms with Gasteiger partial charge in [0.05, 0.1) is 35.9 Å². The third kappa shape index (κ3) is 3.85. The zero-order valence-electron chi connectivity index (χ0n) is 15.7. The maximum Gasteiger partial charge on any atom is 0.337 e. The molecular formula is C18H16N4O6S. The number of methoxy groups -OCH3 is 2. The van der Waals surface area contributed by atoms with Crippen molar-refractivity contribution in [1.29, 1.82) is 0 Å². The van der Waals surface area contributed by atoms with E-state index < -0.39 is 26.9 Å². The number of sulfone groups is 1. The van der Waals surface area contributed by atoms with Crippen LogP contribution in [0.3, 0.4) is 0 Å². The van der Waals surface area contributed by atoms with E-state index in [0.717, 1.165) is 10.2 Å². The topological polar surface area (TPSA) is 130 Å². The quantitative estimate of drug-likeness (QED) is 0.566. The minimum Gasteiger partial charge on any atom is -0.465 e. The Hall–Kier alpha value is -3.60. The van der Waals surface area contributed by atoms with E-state index in [0.29, 0.717) is 0 Å². The first-order valence-corrected chi connectivity index (χ1v) is 9.68. The SMILES string of the molecule is COC(=O)c1cc(C(=O)OC)cc(-n2nnnc2S(=O)(=O)c2ccc(C)cc2)c1. The lowest BCUT2D eigenvalue weighted by Gasteiger charge is -2.09. The average Bonchev–Trinajstić information content (AvgIpc) is 3.23. The number of nitrogens with zero attached hydrogens (tertiary/aromatic N) is 4. The number of carbonyl (C=O) groups is 2. The number of benzene rings is 2. The summed E-state index contributed by atoms with van der Waals surface area (Å²) in [6, 6.07) is 10.1. The molecule has 29 heavy (non-hydrogen) atoms. The standard InChI is InChI=1S/C18H16N4O6S/c1-11-4-6-15(7-5-11)29(25,26)18-19-20-21-22(18)14-9-12(16(23)27-2)8-13(10-14)17(24)28-3/h4-10H,1-3H3. The molecule has 0 N–H and O–H groups in total. The molecule has 2 aromatic carbocycles. The minimum absolute atomic E-state index is 0.000385. The van der Waals surface area contributed by atoms with Gasteiger partial charge in [0.25, 0.3) is 5.16 Å². The number of hydrogen-bond donors (Lipinski definition) is 0. The summed E-state index contributed by atoms with van der Waals surface area (Å²) in [5.41, 5.74) is 0.959. The Morgan fingerprint density at radius 3 is 2.00 bits per heavy atom. The van der Waals surface area contributed by atoms with Crippen LogP contribution in [0, 0.1) is 6.92 Å². The summed E-state index contributed by atoms with van der Waals surface area (Å²) in [5.74, 6) is -1.46. The molecule has 0 amide bonds. The Morgan fingerprint density at radius 2 is 1.48 bits per heavy atom. The van der Waals surface area contributed by atoms with Crippen LogP contribution < -0.4 is 0 Å². The fourth-order valence-electron chi connectivity index (χ4n) is 2.54. The van der Waals surface area contributed by atoms with Gasteiger partial charge < -0.3 is 9.47 Å². The summed E-state index contributed by atoms with van der Waals surface area (Å²) in [5, 5.41) is 10.3. The van der Waals surface area contributed by atoms with E-state index in [1.165, 1.54) is 44.6 Å². The second kappa shape index (κ2) is 7.80. The molecule has 0 aliphatic heterocycles. The fraction of sp³-hybridized carbons (Fsp3) is 0.167. The normalized spacial score (nSPS) is 11.1. The Morgan fingerprint density at radius 1 is 0.931 bits per heavy atom. The van der Waals surface area contributed by atoms with Gasteiger partial charge in [-0.3, -0.25) is 0 Å². The Bertz CT molecular complexity index is 1150. The highest BCUT2D eigenvalue weighted by atomic mass is 32.2. The third-order valence-electron chi connectivity index (χ3n) is 4.02. The molecule has 3 aromatic rings. The molecule has 1 heterocycles. The van der Waals surface area contributed by atoms with Crippen molar-refractivity contribution in [3.8, 4) is 5.69 Å². The molecule has 11 heteroatoms. The highest BCUT2D eigenvalue weighted by molar-refractivity contribution is 7.91. The summed E-state index contributed by atoms with van der Waals surface area (Å²) in [6.07, 6.45) is 0. The van der Waals surface area contributed by atoms with Crippen LogP contribution in [0.1, 0.15) is 26.3 Å². The number of ether oxygens (including phenoxy) is 2. The van der Waals surface area contributed by atoms with Crippen molar-refractivity contribution in [2.24, 2.45) is 0 Å². The van der Waals surface area contributed by atoms with Crippen molar-refractivity contribution in [3.63, 3.8) is 0 Å². The molecule has 3 rings (SSSR count). The van der Waals surface area contributed by atoms with E-state index in [9.17, 15) is 18.0 Å². The number of esters is 2. The summed E-state index contributed by atoms with van der Waals surface area (Å²) in [6.45, 7) is 1.83. The number of aryl methyl sites for hydroxylation is 1. The molecule has 0 radical (unpaired) electrons. The van der Waals surface area contributed by atoms with Crippen LogP contribution in [0.2, 0.25) is 0 Å². The molecule has 0 bridgehead atoms. The number of carbonyl (C=O) groups excluding carboxylic acids is 2. The van der Waals surface area contributed by atoms with E-state index in [-0.39, 0.29) is 21.7 Å². The monoisotopic (exact) mass is 416 g/mol. The van der Waals surface area contributed by atoms with E-state index >= 15 is 0 Å². The van der Waals surface area contributed by atoms with Gasteiger partial charge in [-0.15, -0.1) is 0 Å². The van der Waals surface area contributed by atoms with Crippen LogP contribution in [0.25, 0.3) is 5.69 Å². The second-order valence-electron chi connectivity index (χ2n) is 5.94. The van der Waals surface area contributed by atoms with Gasteiger partial charge in [0.2, 0.25) is 9.84 Å². The van der Waals surface area contributed by atoms with Crippen LogP contribution in [-0.4, -0.2) is 54.8 Å². The lowest BCUT2D eigenvalue weighted by atomic mass is 10.1. The number of tetrazole rings is 1. The molecule has 0 atom stereocenters. The second-order valence-corrected chi connectivity index (χ2v) is 7.78. The Balaban J connectivity index is 2.18. The molecule has 0 saturated heterocycles. The van der Waals surface area contributed by atoms with Crippen molar-refractivity contribution < 1.29 is 27.5 Å². The third-order valence-corrected chi connectivity index (χ3v) is 5.65. The smallest absolute Gasteiger partial charge is 0.337 e. The van der Waals surface area contributed by atoms with Gasteiger partial charge in [-0.1, -0.05) is 22.8 Å². The summed E-state index contributed by atoms with van der Waals surface area (Å²) in [7, 11) is -1.72. The van der Waals surface area contributed by atoms with Crippen LogP contribution in [0.15, 0.2) is 52.5 Å². The van der Waals surface area contributed by atoms with E-state index in [1.807, 2.05) is 6.92 Å². The van der Waals surface area contributed by atoms with Gasteiger partial charge in [-0.05, 0) is 47.7 Å². The summed E-state index contributed by atoms with van der Waals surface area (Å²) in [4.78, 5) is 24.0. The highest BCUT2D eigenvalue weighted by Crippen LogP contribution is 2.23. The molecule has 10 nitrogen and oxygen atoms in total. The van der Waals surface area contributed by atoms with Crippen LogP contribution in [-0.2, 0) is 19.3 Å². The van der Waals surface area contributed by atoms with Crippen molar-refractivity contribution in [1.82, 2.24) is 20.2 Å². The van der Waals surface area contributed by atoms with Crippen molar-refractivity contribution in [3.05, 3.63) is 59.2 Å². The van der Waals surface area contributed by atoms with E-state index in [2.05, 4.69) is 25.0 Å². The molecular weight excluding hydrogens is 400 g/mol. The van der Waals surface area contributed by atoms with Crippen LogP contribution >= 0.6 is 0 Å². The first-order chi connectivity index (χ1) is 13.8. The highest BCUT2D eigenvalue weighted by Gasteiger charge is 2.27. The zero-order chi connectivity index (χ0) is 21.2. The molecule has 150 valence electrons. The lowest BCUT2D eigenvalue weighted by Crippen LogP contribution is -2.14. The lowest BCUT2D eigenvalue weighted by molar-refractivity contribution is 0.0599. The summed E-state index contributed by atoms with van der Waals surface area (Å²) >= 11 is 0.